The molecule has 0 bridgehead atoms. The molecule has 110 valence electrons. The van der Waals surface area contributed by atoms with Crippen LogP contribution in [-0.4, -0.2) is 30.0 Å². The zero-order valence-electron chi connectivity index (χ0n) is 12.0. The normalized spacial score (nSPS) is 16.0. The topological polar surface area (TPSA) is 41.1 Å². The molecule has 0 spiro atoms. The number of fused-ring (bicyclic) bond motifs is 1. The van der Waals surface area contributed by atoms with Crippen molar-refractivity contribution in [2.45, 2.75) is 18.1 Å². The maximum Gasteiger partial charge on any atom is 0.234 e. The van der Waals surface area contributed by atoms with Crippen LogP contribution in [0.5, 0.6) is 0 Å². The number of nitrogens with one attached hydrogen (secondary N) is 2. The number of benzene rings is 2. The number of piperidine rings is 1. The van der Waals surface area contributed by atoms with Crippen molar-refractivity contribution in [2.24, 2.45) is 0 Å². The highest BCUT2D eigenvalue weighted by molar-refractivity contribution is 8.00. The number of anilines is 1. The molecule has 0 radical (unpaired) electrons. The van der Waals surface area contributed by atoms with Gasteiger partial charge in [0.15, 0.2) is 0 Å². The molecule has 0 saturated carbocycles. The fraction of sp³-hybridized carbons (Fsp3) is 0.353. The lowest BCUT2D eigenvalue weighted by Crippen LogP contribution is -2.30. The van der Waals surface area contributed by atoms with Gasteiger partial charge in [-0.25, -0.2) is 0 Å². The molecule has 21 heavy (non-hydrogen) atoms. The maximum absolute atomic E-state index is 12.2. The first-order valence-corrected chi connectivity index (χ1v) is 8.48. The number of rotatable bonds is 4. The number of carbonyl (C=O) groups is 1. The van der Waals surface area contributed by atoms with Crippen molar-refractivity contribution < 1.29 is 4.79 Å². The summed E-state index contributed by atoms with van der Waals surface area (Å²) in [7, 11) is 0. The summed E-state index contributed by atoms with van der Waals surface area (Å²) in [4.78, 5) is 12.2. The summed E-state index contributed by atoms with van der Waals surface area (Å²) in [6, 6.07) is 14.1. The van der Waals surface area contributed by atoms with Gasteiger partial charge in [-0.1, -0.05) is 36.4 Å². The van der Waals surface area contributed by atoms with E-state index in [-0.39, 0.29) is 5.91 Å². The number of carbonyl (C=O) groups excluding carboxylic acids is 1. The fourth-order valence-electron chi connectivity index (χ4n) is 2.68. The molecule has 1 aliphatic heterocycles. The molecule has 1 amide bonds. The minimum atomic E-state index is 0.0925. The molecule has 1 heterocycles. The van der Waals surface area contributed by atoms with Crippen LogP contribution in [0.25, 0.3) is 10.8 Å². The standard InChI is InChI=1S/C17H20N2OS/c20-17(12-21-14-8-10-18-11-9-14)19-16-7-3-5-13-4-1-2-6-15(13)16/h1-7,14,18H,8-12H2,(H,19,20). The molecule has 2 N–H and O–H groups in total. The van der Waals surface area contributed by atoms with E-state index in [0.29, 0.717) is 11.0 Å². The van der Waals surface area contributed by atoms with E-state index in [0.717, 1.165) is 42.4 Å². The zero-order chi connectivity index (χ0) is 14.5. The lowest BCUT2D eigenvalue weighted by Gasteiger charge is -2.21. The third kappa shape index (κ3) is 3.77. The predicted octanol–water partition coefficient (Wildman–Crippen LogP) is 3.26. The summed E-state index contributed by atoms with van der Waals surface area (Å²) < 4.78 is 0. The Morgan fingerprint density at radius 2 is 1.90 bits per heavy atom. The molecule has 0 aliphatic carbocycles. The van der Waals surface area contributed by atoms with Crippen molar-refractivity contribution in [1.29, 1.82) is 0 Å². The van der Waals surface area contributed by atoms with E-state index >= 15 is 0 Å². The average molecular weight is 300 g/mol. The zero-order valence-corrected chi connectivity index (χ0v) is 12.8. The van der Waals surface area contributed by atoms with Gasteiger partial charge in [-0.15, -0.1) is 11.8 Å². The van der Waals surface area contributed by atoms with Gasteiger partial charge in [0.25, 0.3) is 0 Å². The van der Waals surface area contributed by atoms with Crippen LogP contribution in [0.3, 0.4) is 0 Å². The third-order valence-electron chi connectivity index (χ3n) is 3.80. The van der Waals surface area contributed by atoms with E-state index < -0.39 is 0 Å². The first-order chi connectivity index (χ1) is 10.3. The second-order valence-corrected chi connectivity index (χ2v) is 6.62. The van der Waals surface area contributed by atoms with Crippen LogP contribution >= 0.6 is 11.8 Å². The average Bonchev–Trinajstić information content (AvgIpc) is 2.54. The summed E-state index contributed by atoms with van der Waals surface area (Å²) in [6.07, 6.45) is 2.32. The Bertz CT molecular complexity index is 618. The van der Waals surface area contributed by atoms with Crippen LogP contribution in [-0.2, 0) is 4.79 Å². The van der Waals surface area contributed by atoms with Gasteiger partial charge in [-0.3, -0.25) is 4.79 Å². The Balaban J connectivity index is 1.61. The largest absolute Gasteiger partial charge is 0.325 e. The van der Waals surface area contributed by atoms with E-state index in [2.05, 4.69) is 22.8 Å². The van der Waals surface area contributed by atoms with Gasteiger partial charge in [0.2, 0.25) is 5.91 Å². The van der Waals surface area contributed by atoms with Crippen LogP contribution in [0.2, 0.25) is 0 Å². The second kappa shape index (κ2) is 6.96. The number of amides is 1. The molecule has 3 rings (SSSR count). The van der Waals surface area contributed by atoms with Gasteiger partial charge in [0.05, 0.1) is 5.75 Å². The van der Waals surface area contributed by atoms with Crippen LogP contribution in [0.4, 0.5) is 5.69 Å². The smallest absolute Gasteiger partial charge is 0.234 e. The van der Waals surface area contributed by atoms with Crippen molar-refractivity contribution >= 4 is 34.1 Å². The molecular formula is C17H20N2OS. The SMILES string of the molecule is O=C(CSC1CCNCC1)Nc1cccc2ccccc12. The predicted molar refractivity (Wildman–Crippen MR) is 90.9 cm³/mol. The maximum atomic E-state index is 12.2. The highest BCUT2D eigenvalue weighted by Gasteiger charge is 2.15. The van der Waals surface area contributed by atoms with Crippen molar-refractivity contribution in [3.8, 4) is 0 Å². The van der Waals surface area contributed by atoms with Gasteiger partial charge in [-0.05, 0) is 37.4 Å². The van der Waals surface area contributed by atoms with E-state index in [1.807, 2.05) is 30.3 Å². The fourth-order valence-corrected chi connectivity index (χ4v) is 3.70. The summed E-state index contributed by atoms with van der Waals surface area (Å²) in [5.41, 5.74) is 0.906. The Morgan fingerprint density at radius 3 is 2.76 bits per heavy atom. The number of thioether (sulfide) groups is 1. The Kier molecular flexibility index (Phi) is 4.78. The first-order valence-electron chi connectivity index (χ1n) is 7.43. The monoisotopic (exact) mass is 300 g/mol. The Hall–Kier alpha value is -1.52. The molecular weight excluding hydrogens is 280 g/mol. The van der Waals surface area contributed by atoms with Gasteiger partial charge < -0.3 is 10.6 Å². The number of hydrogen-bond donors (Lipinski definition) is 2. The van der Waals surface area contributed by atoms with Crippen molar-refractivity contribution in [3.63, 3.8) is 0 Å². The highest BCUT2D eigenvalue weighted by Crippen LogP contribution is 2.24. The van der Waals surface area contributed by atoms with E-state index in [4.69, 9.17) is 0 Å². The second-order valence-electron chi connectivity index (χ2n) is 5.34. The number of hydrogen-bond acceptors (Lipinski definition) is 3. The van der Waals surface area contributed by atoms with Gasteiger partial charge >= 0.3 is 0 Å². The molecule has 2 aromatic carbocycles. The van der Waals surface area contributed by atoms with Gasteiger partial charge in [-0.2, -0.15) is 0 Å². The van der Waals surface area contributed by atoms with Gasteiger partial charge in [0, 0.05) is 16.3 Å². The van der Waals surface area contributed by atoms with E-state index in [1.54, 1.807) is 11.8 Å². The Labute approximate surface area is 129 Å². The van der Waals surface area contributed by atoms with Crippen LogP contribution in [0, 0.1) is 0 Å². The van der Waals surface area contributed by atoms with Gasteiger partial charge in [0.1, 0.15) is 0 Å². The highest BCUT2D eigenvalue weighted by atomic mass is 32.2. The molecule has 4 heteroatoms. The van der Waals surface area contributed by atoms with Crippen molar-refractivity contribution in [2.75, 3.05) is 24.2 Å². The van der Waals surface area contributed by atoms with Crippen LogP contribution < -0.4 is 10.6 Å². The molecule has 0 unspecified atom stereocenters. The minimum Gasteiger partial charge on any atom is -0.325 e. The molecule has 1 aliphatic rings. The Morgan fingerprint density at radius 1 is 1.14 bits per heavy atom. The lowest BCUT2D eigenvalue weighted by molar-refractivity contribution is -0.113. The molecule has 1 saturated heterocycles. The van der Waals surface area contributed by atoms with Crippen LogP contribution in [0.1, 0.15) is 12.8 Å². The van der Waals surface area contributed by atoms with Crippen molar-refractivity contribution in [3.05, 3.63) is 42.5 Å². The quantitative estimate of drug-likeness (QED) is 0.910. The summed E-state index contributed by atoms with van der Waals surface area (Å²) >= 11 is 1.78. The summed E-state index contributed by atoms with van der Waals surface area (Å²) in [6.45, 7) is 2.14. The summed E-state index contributed by atoms with van der Waals surface area (Å²) in [5.74, 6) is 0.628. The summed E-state index contributed by atoms with van der Waals surface area (Å²) in [5, 5.41) is 9.26. The first kappa shape index (κ1) is 14.4. The van der Waals surface area contributed by atoms with Crippen molar-refractivity contribution in [1.82, 2.24) is 5.32 Å². The van der Waals surface area contributed by atoms with E-state index in [1.165, 1.54) is 0 Å². The lowest BCUT2D eigenvalue weighted by atomic mass is 10.1. The minimum absolute atomic E-state index is 0.0925. The third-order valence-corrected chi connectivity index (χ3v) is 5.17. The molecule has 3 nitrogen and oxygen atoms in total. The molecule has 0 atom stereocenters. The molecule has 0 aromatic heterocycles. The molecule has 2 aromatic rings. The van der Waals surface area contributed by atoms with E-state index in [9.17, 15) is 4.79 Å². The van der Waals surface area contributed by atoms with Crippen LogP contribution in [0.15, 0.2) is 42.5 Å². The molecule has 1 fully saturated rings.